The maximum Gasteiger partial charge on any atom is -0.0326 e. The van der Waals surface area contributed by atoms with Gasteiger partial charge in [0.25, 0.3) is 0 Å². The third-order valence-corrected chi connectivity index (χ3v) is 3.60. The summed E-state index contributed by atoms with van der Waals surface area (Å²) in [6, 6.07) is 0. The molecule has 0 saturated carbocycles. The second kappa shape index (κ2) is 7.31. The molecule has 14 heavy (non-hydrogen) atoms. The first kappa shape index (κ1) is 14.0. The van der Waals surface area contributed by atoms with Gasteiger partial charge >= 0.3 is 0 Å². The van der Waals surface area contributed by atoms with Crippen LogP contribution in [0, 0.1) is 11.3 Å². The van der Waals surface area contributed by atoms with Gasteiger partial charge in [0.2, 0.25) is 0 Å². The van der Waals surface area contributed by atoms with Gasteiger partial charge in [0.1, 0.15) is 0 Å². The highest BCUT2D eigenvalue weighted by atomic mass is 14.3. The molecule has 0 aromatic heterocycles. The Morgan fingerprint density at radius 3 is 2.14 bits per heavy atom. The molecule has 2 unspecified atom stereocenters. The van der Waals surface area contributed by atoms with Crippen molar-refractivity contribution in [3.05, 3.63) is 0 Å². The Labute approximate surface area is 91.5 Å². The molecule has 0 aliphatic heterocycles. The van der Waals surface area contributed by atoms with Gasteiger partial charge in [-0.2, -0.15) is 0 Å². The monoisotopic (exact) mass is 198 g/mol. The van der Waals surface area contributed by atoms with Crippen LogP contribution in [0.1, 0.15) is 79.6 Å². The molecule has 86 valence electrons. The molecule has 0 N–H and O–H groups in total. The van der Waals surface area contributed by atoms with Gasteiger partial charge < -0.3 is 0 Å². The molecule has 0 rings (SSSR count). The maximum absolute atomic E-state index is 2.47. The van der Waals surface area contributed by atoms with Crippen LogP contribution in [0.5, 0.6) is 0 Å². The van der Waals surface area contributed by atoms with Crippen molar-refractivity contribution in [2.75, 3.05) is 0 Å². The van der Waals surface area contributed by atoms with Crippen molar-refractivity contribution in [2.24, 2.45) is 11.3 Å². The Balaban J connectivity index is 3.89. The molecule has 0 aliphatic carbocycles. The zero-order valence-corrected chi connectivity index (χ0v) is 11.0. The molecular weight excluding hydrogens is 168 g/mol. The lowest BCUT2D eigenvalue weighted by atomic mass is 9.75. The Hall–Kier alpha value is 0. The summed E-state index contributed by atoms with van der Waals surface area (Å²) in [6.07, 6.45) is 9.70. The zero-order valence-electron chi connectivity index (χ0n) is 11.0. The number of unbranched alkanes of at least 4 members (excludes halogenated alkanes) is 1. The molecule has 0 amide bonds. The van der Waals surface area contributed by atoms with E-state index in [1.807, 2.05) is 0 Å². The maximum atomic E-state index is 2.47. The second-order valence-corrected chi connectivity index (χ2v) is 5.37. The summed E-state index contributed by atoms with van der Waals surface area (Å²) in [6.45, 7) is 11.8. The van der Waals surface area contributed by atoms with Crippen LogP contribution < -0.4 is 0 Å². The van der Waals surface area contributed by atoms with Gasteiger partial charge in [-0.15, -0.1) is 0 Å². The standard InChI is InChI=1S/C14H30/c1-6-9-10-13(4)12-14(5,8-3)11-7-2/h13H,6-12H2,1-5H3. The number of hydrogen-bond acceptors (Lipinski definition) is 0. The largest absolute Gasteiger partial charge is 0.0654 e. The molecule has 0 heteroatoms. The summed E-state index contributed by atoms with van der Waals surface area (Å²) in [5.41, 5.74) is 0.613. The van der Waals surface area contributed by atoms with Gasteiger partial charge in [0.05, 0.1) is 0 Å². The molecule has 0 aliphatic rings. The molecule has 0 fully saturated rings. The Bertz CT molecular complexity index is 128. The highest BCUT2D eigenvalue weighted by Crippen LogP contribution is 2.35. The van der Waals surface area contributed by atoms with E-state index >= 15 is 0 Å². The van der Waals surface area contributed by atoms with Crippen molar-refractivity contribution in [1.82, 2.24) is 0 Å². The predicted molar refractivity (Wildman–Crippen MR) is 66.6 cm³/mol. The minimum absolute atomic E-state index is 0.613. The highest BCUT2D eigenvalue weighted by Gasteiger charge is 2.23. The van der Waals surface area contributed by atoms with Gasteiger partial charge in [0.15, 0.2) is 0 Å². The molecule has 0 spiro atoms. The minimum atomic E-state index is 0.613. The van der Waals surface area contributed by atoms with Crippen LogP contribution in [-0.2, 0) is 0 Å². The van der Waals surface area contributed by atoms with Gasteiger partial charge in [-0.3, -0.25) is 0 Å². The fourth-order valence-electron chi connectivity index (χ4n) is 2.52. The fourth-order valence-corrected chi connectivity index (χ4v) is 2.52. The van der Waals surface area contributed by atoms with Crippen molar-refractivity contribution < 1.29 is 0 Å². The van der Waals surface area contributed by atoms with Gasteiger partial charge in [0, 0.05) is 0 Å². The van der Waals surface area contributed by atoms with Crippen LogP contribution in [0.2, 0.25) is 0 Å². The van der Waals surface area contributed by atoms with Crippen LogP contribution in [0.3, 0.4) is 0 Å². The summed E-state index contributed by atoms with van der Waals surface area (Å²) < 4.78 is 0. The van der Waals surface area contributed by atoms with Crippen molar-refractivity contribution in [1.29, 1.82) is 0 Å². The van der Waals surface area contributed by atoms with Crippen molar-refractivity contribution in [3.8, 4) is 0 Å². The van der Waals surface area contributed by atoms with Gasteiger partial charge in [-0.25, -0.2) is 0 Å². The average molecular weight is 198 g/mol. The molecule has 0 bridgehead atoms. The van der Waals surface area contributed by atoms with Crippen molar-refractivity contribution in [3.63, 3.8) is 0 Å². The molecule has 0 heterocycles. The molecule has 0 aromatic carbocycles. The third kappa shape index (κ3) is 5.67. The number of rotatable bonds is 8. The zero-order chi connectivity index (χ0) is 11.0. The molecular formula is C14H30. The second-order valence-electron chi connectivity index (χ2n) is 5.37. The lowest BCUT2D eigenvalue weighted by Gasteiger charge is -2.31. The van der Waals surface area contributed by atoms with Gasteiger partial charge in [-0.1, -0.05) is 66.7 Å². The molecule has 0 aromatic rings. The predicted octanol–water partition coefficient (Wildman–Crippen LogP) is 5.42. The fraction of sp³-hybridized carbons (Fsp3) is 1.00. The first-order valence-electron chi connectivity index (χ1n) is 6.58. The average Bonchev–Trinajstić information content (AvgIpc) is 2.15. The van der Waals surface area contributed by atoms with E-state index < -0.39 is 0 Å². The third-order valence-electron chi connectivity index (χ3n) is 3.60. The molecule has 0 radical (unpaired) electrons. The molecule has 2 atom stereocenters. The van der Waals surface area contributed by atoms with Crippen LogP contribution in [-0.4, -0.2) is 0 Å². The molecule has 0 nitrogen and oxygen atoms in total. The van der Waals surface area contributed by atoms with E-state index in [4.69, 9.17) is 0 Å². The summed E-state index contributed by atoms with van der Waals surface area (Å²) in [4.78, 5) is 0. The molecule has 0 saturated heterocycles. The van der Waals surface area contributed by atoms with Crippen LogP contribution in [0.15, 0.2) is 0 Å². The lowest BCUT2D eigenvalue weighted by molar-refractivity contribution is 0.210. The normalized spacial score (nSPS) is 17.8. The van der Waals surface area contributed by atoms with Crippen LogP contribution >= 0.6 is 0 Å². The SMILES string of the molecule is CCCCC(C)CC(C)(CC)CCC. The smallest absolute Gasteiger partial charge is 0.0326 e. The van der Waals surface area contributed by atoms with Crippen molar-refractivity contribution in [2.45, 2.75) is 79.6 Å². The van der Waals surface area contributed by atoms with Crippen LogP contribution in [0.4, 0.5) is 0 Å². The lowest BCUT2D eigenvalue weighted by Crippen LogP contribution is -2.18. The van der Waals surface area contributed by atoms with E-state index in [0.717, 1.165) is 5.92 Å². The Morgan fingerprint density at radius 1 is 1.07 bits per heavy atom. The van der Waals surface area contributed by atoms with Crippen molar-refractivity contribution >= 4 is 0 Å². The number of hydrogen-bond donors (Lipinski definition) is 0. The quantitative estimate of drug-likeness (QED) is 0.488. The minimum Gasteiger partial charge on any atom is -0.0654 e. The topological polar surface area (TPSA) is 0 Å². The first-order valence-corrected chi connectivity index (χ1v) is 6.58. The van der Waals surface area contributed by atoms with E-state index in [9.17, 15) is 0 Å². The summed E-state index contributed by atoms with van der Waals surface area (Å²) in [5, 5.41) is 0. The Kier molecular flexibility index (Phi) is 7.31. The summed E-state index contributed by atoms with van der Waals surface area (Å²) >= 11 is 0. The first-order chi connectivity index (χ1) is 6.58. The van der Waals surface area contributed by atoms with Crippen LogP contribution in [0.25, 0.3) is 0 Å². The van der Waals surface area contributed by atoms with E-state index in [1.165, 1.54) is 44.9 Å². The summed E-state index contributed by atoms with van der Waals surface area (Å²) in [7, 11) is 0. The Morgan fingerprint density at radius 2 is 1.71 bits per heavy atom. The van der Waals surface area contributed by atoms with E-state index in [0.29, 0.717) is 5.41 Å². The summed E-state index contributed by atoms with van der Waals surface area (Å²) in [5.74, 6) is 0.923. The van der Waals surface area contributed by atoms with E-state index in [1.54, 1.807) is 0 Å². The van der Waals surface area contributed by atoms with E-state index in [-0.39, 0.29) is 0 Å². The highest BCUT2D eigenvalue weighted by molar-refractivity contribution is 4.74. The van der Waals surface area contributed by atoms with E-state index in [2.05, 4.69) is 34.6 Å². The van der Waals surface area contributed by atoms with Gasteiger partial charge in [-0.05, 0) is 24.2 Å².